The summed E-state index contributed by atoms with van der Waals surface area (Å²) < 4.78 is 19.3. The fraction of sp³-hybridized carbons (Fsp3) is 0.171. The van der Waals surface area contributed by atoms with Crippen LogP contribution >= 0.6 is 0 Å². The number of aryl methyl sites for hydroxylation is 1. The van der Waals surface area contributed by atoms with Crippen LogP contribution in [0.4, 0.5) is 5.82 Å². The number of amides is 1. The normalized spacial score (nSPS) is 15.6. The fourth-order valence-corrected chi connectivity index (χ4v) is 6.05. The molecule has 230 valence electrons. The van der Waals surface area contributed by atoms with Gasteiger partial charge < -0.3 is 24.8 Å². The monoisotopic (exact) mass is 614 g/mol. The predicted octanol–water partition coefficient (Wildman–Crippen LogP) is 5.43. The van der Waals surface area contributed by atoms with Gasteiger partial charge in [-0.1, -0.05) is 30.3 Å². The van der Waals surface area contributed by atoms with E-state index in [-0.39, 0.29) is 19.0 Å². The molecule has 11 heteroatoms. The molecule has 1 unspecified atom stereocenters. The van der Waals surface area contributed by atoms with Crippen LogP contribution in [0.5, 0.6) is 11.5 Å². The van der Waals surface area contributed by atoms with Crippen molar-refractivity contribution in [1.82, 2.24) is 24.8 Å². The third-order valence-corrected chi connectivity index (χ3v) is 7.99. The number of ether oxygens (including phenoxy) is 3. The highest BCUT2D eigenvalue weighted by atomic mass is 16.7. The van der Waals surface area contributed by atoms with Gasteiger partial charge in [-0.15, -0.1) is 0 Å². The van der Waals surface area contributed by atoms with E-state index in [1.54, 1.807) is 49.8 Å². The molecular weight excluding hydrogens is 584 g/mol. The number of carbonyl (C=O) groups is 2. The van der Waals surface area contributed by atoms with Crippen molar-refractivity contribution < 1.29 is 23.8 Å². The summed E-state index contributed by atoms with van der Waals surface area (Å²) in [6, 6.07) is 20.4. The summed E-state index contributed by atoms with van der Waals surface area (Å²) in [4.78, 5) is 41.1. The quantitative estimate of drug-likeness (QED) is 0.231. The van der Waals surface area contributed by atoms with Crippen LogP contribution in [0.15, 0.2) is 102 Å². The molecule has 0 fully saturated rings. The highest BCUT2D eigenvalue weighted by Gasteiger charge is 2.41. The number of anilines is 1. The lowest BCUT2D eigenvalue weighted by atomic mass is 9.78. The van der Waals surface area contributed by atoms with E-state index in [1.165, 1.54) is 0 Å². The van der Waals surface area contributed by atoms with E-state index in [0.717, 1.165) is 28.1 Å². The number of hydrogen-bond donors (Lipinski definition) is 2. The first-order chi connectivity index (χ1) is 22.4. The second-order valence-electron chi connectivity index (χ2n) is 10.8. The standard InChI is InChI=1S/C35H30N6O5/c1-4-44-35(43)31-30(24-8-7-9-27-33(24)46-19-45-27)29(34(42)40-28-10-5-6-16-37-28)20(2)38-32(31)22-11-13-23(14-12-22)41-21(3)39-25-18-36-17-15-26(25)41/h5-18,30,38H,4,19H2,1-3H3,(H,37,40,42). The zero-order valence-corrected chi connectivity index (χ0v) is 25.4. The van der Waals surface area contributed by atoms with Crippen LogP contribution in [0.3, 0.4) is 0 Å². The van der Waals surface area contributed by atoms with Crippen LogP contribution in [-0.2, 0) is 14.3 Å². The van der Waals surface area contributed by atoms with E-state index in [2.05, 4.69) is 25.6 Å². The Morgan fingerprint density at radius 3 is 2.63 bits per heavy atom. The van der Waals surface area contributed by atoms with Crippen molar-refractivity contribution in [2.45, 2.75) is 26.7 Å². The lowest BCUT2D eigenvalue weighted by Crippen LogP contribution is -2.34. The smallest absolute Gasteiger partial charge is 0.337 e. The average molecular weight is 615 g/mol. The van der Waals surface area contributed by atoms with E-state index in [1.807, 2.05) is 60.9 Å². The number of hydrogen-bond acceptors (Lipinski definition) is 9. The maximum absolute atomic E-state index is 14.0. The number of nitrogens with one attached hydrogen (secondary N) is 2. The van der Waals surface area contributed by atoms with Gasteiger partial charge in [0.1, 0.15) is 17.2 Å². The molecule has 2 aromatic carbocycles. The Hall–Kier alpha value is -5.97. The number of para-hydroxylation sites is 1. The van der Waals surface area contributed by atoms with Gasteiger partial charge in [0.2, 0.25) is 6.79 Å². The highest BCUT2D eigenvalue weighted by Crippen LogP contribution is 2.48. The summed E-state index contributed by atoms with van der Waals surface area (Å²) in [6.07, 6.45) is 5.07. The summed E-state index contributed by atoms with van der Waals surface area (Å²) in [5.74, 6) is 0.367. The van der Waals surface area contributed by atoms with Gasteiger partial charge in [0, 0.05) is 34.9 Å². The maximum atomic E-state index is 14.0. The van der Waals surface area contributed by atoms with Crippen molar-refractivity contribution in [3.05, 3.63) is 119 Å². The number of dihydropyridines is 1. The summed E-state index contributed by atoms with van der Waals surface area (Å²) in [5.41, 5.74) is 5.65. The Morgan fingerprint density at radius 1 is 1.00 bits per heavy atom. The number of esters is 1. The van der Waals surface area contributed by atoms with E-state index in [9.17, 15) is 9.59 Å². The molecule has 5 aromatic rings. The van der Waals surface area contributed by atoms with E-state index < -0.39 is 17.8 Å². The number of nitrogens with zero attached hydrogens (tertiary/aromatic N) is 4. The zero-order chi connectivity index (χ0) is 31.8. The number of carbonyl (C=O) groups excluding carboxylic acids is 2. The average Bonchev–Trinajstić information content (AvgIpc) is 3.68. The Morgan fingerprint density at radius 2 is 1.85 bits per heavy atom. The minimum absolute atomic E-state index is 0.0284. The van der Waals surface area contributed by atoms with Crippen molar-refractivity contribution in [2.24, 2.45) is 0 Å². The van der Waals surface area contributed by atoms with Gasteiger partial charge in [0.25, 0.3) is 5.91 Å². The molecule has 7 rings (SSSR count). The van der Waals surface area contributed by atoms with Gasteiger partial charge in [0.05, 0.1) is 35.5 Å². The second kappa shape index (κ2) is 11.8. The Labute approximate surface area is 264 Å². The van der Waals surface area contributed by atoms with Crippen molar-refractivity contribution in [1.29, 1.82) is 0 Å². The number of fused-ring (bicyclic) bond motifs is 2. The van der Waals surface area contributed by atoms with Crippen LogP contribution in [0.2, 0.25) is 0 Å². The van der Waals surface area contributed by atoms with Gasteiger partial charge in [-0.2, -0.15) is 0 Å². The van der Waals surface area contributed by atoms with Gasteiger partial charge in [-0.25, -0.2) is 14.8 Å². The Balaban J connectivity index is 1.38. The van der Waals surface area contributed by atoms with Gasteiger partial charge in [0.15, 0.2) is 11.5 Å². The summed E-state index contributed by atoms with van der Waals surface area (Å²) in [6.45, 7) is 5.68. The van der Waals surface area contributed by atoms with Crippen LogP contribution < -0.4 is 20.1 Å². The van der Waals surface area contributed by atoms with Crippen LogP contribution in [0.1, 0.15) is 36.7 Å². The molecule has 3 aromatic heterocycles. The third kappa shape index (κ3) is 5.01. The first-order valence-electron chi connectivity index (χ1n) is 14.8. The number of pyridine rings is 2. The van der Waals surface area contributed by atoms with E-state index in [4.69, 9.17) is 14.2 Å². The summed E-state index contributed by atoms with van der Waals surface area (Å²) >= 11 is 0. The molecule has 0 spiro atoms. The molecule has 0 radical (unpaired) electrons. The molecule has 0 saturated carbocycles. The van der Waals surface area contributed by atoms with E-state index >= 15 is 0 Å². The molecule has 1 amide bonds. The third-order valence-electron chi connectivity index (χ3n) is 7.99. The molecule has 46 heavy (non-hydrogen) atoms. The van der Waals surface area contributed by atoms with Crippen LogP contribution in [0.25, 0.3) is 22.4 Å². The van der Waals surface area contributed by atoms with Crippen molar-refractivity contribution in [3.8, 4) is 17.2 Å². The van der Waals surface area contributed by atoms with E-state index in [0.29, 0.717) is 39.8 Å². The summed E-state index contributed by atoms with van der Waals surface area (Å²) in [5, 5.41) is 6.27. The zero-order valence-electron chi connectivity index (χ0n) is 25.4. The molecular formula is C35H30N6O5. The fourth-order valence-electron chi connectivity index (χ4n) is 6.05. The lowest BCUT2D eigenvalue weighted by molar-refractivity contribution is -0.138. The molecule has 1 atom stereocenters. The Bertz CT molecular complexity index is 2050. The molecule has 2 aliphatic heterocycles. The molecule has 11 nitrogen and oxygen atoms in total. The maximum Gasteiger partial charge on any atom is 0.337 e. The summed E-state index contributed by atoms with van der Waals surface area (Å²) in [7, 11) is 0. The van der Waals surface area contributed by atoms with Gasteiger partial charge in [-0.05, 0) is 62.7 Å². The first kappa shape index (κ1) is 28.8. The molecule has 2 N–H and O–H groups in total. The predicted molar refractivity (Wildman–Crippen MR) is 171 cm³/mol. The number of rotatable bonds is 7. The van der Waals surface area contributed by atoms with Gasteiger partial charge >= 0.3 is 5.97 Å². The molecule has 0 aliphatic carbocycles. The van der Waals surface area contributed by atoms with Crippen LogP contribution in [-0.4, -0.2) is 44.8 Å². The lowest BCUT2D eigenvalue weighted by Gasteiger charge is -2.32. The van der Waals surface area contributed by atoms with Gasteiger partial charge in [-0.3, -0.25) is 14.3 Å². The Kier molecular flexibility index (Phi) is 7.41. The minimum atomic E-state index is -0.859. The number of imidazole rings is 1. The molecule has 5 heterocycles. The number of aromatic nitrogens is 4. The van der Waals surface area contributed by atoms with Crippen LogP contribution in [0, 0.1) is 6.92 Å². The largest absolute Gasteiger partial charge is 0.463 e. The molecule has 0 bridgehead atoms. The SMILES string of the molecule is CCOC(=O)C1=C(c2ccc(-n3c(C)nc4cnccc43)cc2)NC(C)=C(C(=O)Nc2ccccn2)C1c1cccc2c1OCO2. The first-order valence-corrected chi connectivity index (χ1v) is 14.8. The number of allylic oxidation sites excluding steroid dienone is 1. The molecule has 2 aliphatic rings. The highest BCUT2D eigenvalue weighted by molar-refractivity contribution is 6.11. The topological polar surface area (TPSA) is 129 Å². The molecule has 0 saturated heterocycles. The van der Waals surface area contributed by atoms with Crippen molar-refractivity contribution in [2.75, 3.05) is 18.7 Å². The second-order valence-corrected chi connectivity index (χ2v) is 10.8. The number of benzene rings is 2. The van der Waals surface area contributed by atoms with Crippen molar-refractivity contribution in [3.63, 3.8) is 0 Å². The minimum Gasteiger partial charge on any atom is -0.463 e. The van der Waals surface area contributed by atoms with Crippen molar-refractivity contribution >= 4 is 34.4 Å².